The highest BCUT2D eigenvalue weighted by Gasteiger charge is 2.35. The van der Waals surface area contributed by atoms with Crippen molar-refractivity contribution in [3.05, 3.63) is 48.0 Å². The summed E-state index contributed by atoms with van der Waals surface area (Å²) in [6.45, 7) is 1.96. The number of nitrogens with zero attached hydrogens (tertiary/aromatic N) is 1. The average Bonchev–Trinajstić information content (AvgIpc) is 3.49. The van der Waals surface area contributed by atoms with Gasteiger partial charge in [-0.1, -0.05) is 42.5 Å². The van der Waals surface area contributed by atoms with Gasteiger partial charge in [0.05, 0.1) is 13.1 Å². The molecule has 0 aliphatic carbocycles. The van der Waals surface area contributed by atoms with Gasteiger partial charge >= 0.3 is 0 Å². The molecule has 1 saturated heterocycles. The number of benzene rings is 1. The van der Waals surface area contributed by atoms with E-state index < -0.39 is 18.0 Å². The topological polar surface area (TPSA) is 120 Å². The quantitative estimate of drug-likeness (QED) is 0.262. The van der Waals surface area contributed by atoms with E-state index in [2.05, 4.69) is 21.3 Å². The molecule has 1 aromatic carbocycles. The zero-order valence-electron chi connectivity index (χ0n) is 18.1. The number of amides is 3. The Morgan fingerprint density at radius 1 is 1.22 bits per heavy atom. The molecule has 0 unspecified atom stereocenters. The average molecular weight is 442 g/mol. The van der Waals surface area contributed by atoms with Crippen molar-refractivity contribution >= 4 is 24.0 Å². The van der Waals surface area contributed by atoms with Crippen LogP contribution in [-0.4, -0.2) is 79.8 Å². The first-order chi connectivity index (χ1) is 15.6. The second-order valence-electron chi connectivity index (χ2n) is 8.01. The van der Waals surface area contributed by atoms with E-state index in [1.807, 2.05) is 30.3 Å². The van der Waals surface area contributed by atoms with Crippen LogP contribution in [0.2, 0.25) is 0 Å². The molecule has 2 heterocycles. The van der Waals surface area contributed by atoms with Gasteiger partial charge in [0.1, 0.15) is 18.4 Å². The van der Waals surface area contributed by atoms with E-state index >= 15 is 0 Å². The molecule has 0 saturated carbocycles. The van der Waals surface area contributed by atoms with Gasteiger partial charge in [0.15, 0.2) is 0 Å². The Bertz CT molecular complexity index is 823. The molecular weight excluding hydrogens is 410 g/mol. The molecule has 172 valence electrons. The number of hydrogen-bond donors (Lipinski definition) is 4. The van der Waals surface area contributed by atoms with Gasteiger partial charge in [0.25, 0.3) is 0 Å². The first kappa shape index (κ1) is 23.6. The summed E-state index contributed by atoms with van der Waals surface area (Å²) in [5.74, 6) is -1.03. The van der Waals surface area contributed by atoms with Gasteiger partial charge in [0.2, 0.25) is 17.7 Å². The summed E-state index contributed by atoms with van der Waals surface area (Å²) in [4.78, 5) is 50.3. The largest absolute Gasteiger partial charge is 0.347 e. The number of hydrogen-bond acceptors (Lipinski definition) is 6. The normalized spacial score (nSPS) is 20.7. The summed E-state index contributed by atoms with van der Waals surface area (Å²) in [6, 6.07) is 8.19. The van der Waals surface area contributed by atoms with E-state index in [1.54, 1.807) is 12.2 Å². The first-order valence-corrected chi connectivity index (χ1v) is 11.0. The van der Waals surface area contributed by atoms with E-state index in [4.69, 9.17) is 0 Å². The summed E-state index contributed by atoms with van der Waals surface area (Å²) in [5, 5.41) is 11.8. The van der Waals surface area contributed by atoms with Crippen LogP contribution in [0.5, 0.6) is 0 Å². The van der Waals surface area contributed by atoms with Crippen molar-refractivity contribution in [1.29, 1.82) is 0 Å². The fourth-order valence-electron chi connectivity index (χ4n) is 4.01. The predicted octanol–water partition coefficient (Wildman–Crippen LogP) is -0.862. The zero-order chi connectivity index (χ0) is 22.8. The van der Waals surface area contributed by atoms with Crippen LogP contribution in [0.3, 0.4) is 0 Å². The second-order valence-corrected chi connectivity index (χ2v) is 8.01. The van der Waals surface area contributed by atoms with Gasteiger partial charge in [-0.05, 0) is 24.9 Å². The third-order valence-electron chi connectivity index (χ3n) is 5.62. The van der Waals surface area contributed by atoms with Gasteiger partial charge < -0.3 is 31.0 Å². The van der Waals surface area contributed by atoms with Gasteiger partial charge in [0, 0.05) is 25.6 Å². The highest BCUT2D eigenvalue weighted by molar-refractivity contribution is 5.94. The Labute approximate surface area is 188 Å². The molecule has 0 spiro atoms. The number of nitrogens with one attached hydrogen (secondary N) is 4. The predicted molar refractivity (Wildman–Crippen MR) is 120 cm³/mol. The standard InChI is InChI=1S/C23H31N5O4/c29-13-11-26-22(31)20-9-5-12-28(20)23(32)19(14-17-6-2-1-3-7-17)27-21(30)16-24-15-18-8-4-10-25-18/h1-3,5-7,9,13,18-20,24-25H,4,8,10-12,14-16H2,(H,26,31)(H,27,30)/t18-,19+,20-/m0/s1. The van der Waals surface area contributed by atoms with Gasteiger partial charge in [-0.2, -0.15) is 0 Å². The monoisotopic (exact) mass is 441 g/mol. The minimum absolute atomic E-state index is 0.109. The van der Waals surface area contributed by atoms with Crippen molar-refractivity contribution in [2.45, 2.75) is 37.4 Å². The Balaban J connectivity index is 1.63. The molecule has 2 aliphatic rings. The van der Waals surface area contributed by atoms with Crippen molar-refractivity contribution in [3.63, 3.8) is 0 Å². The Kier molecular flexibility index (Phi) is 8.94. The van der Waals surface area contributed by atoms with Crippen LogP contribution in [0, 0.1) is 0 Å². The van der Waals surface area contributed by atoms with Crippen LogP contribution < -0.4 is 21.3 Å². The van der Waals surface area contributed by atoms with Crippen molar-refractivity contribution in [2.75, 3.05) is 32.7 Å². The third kappa shape index (κ3) is 6.73. The fourth-order valence-corrected chi connectivity index (χ4v) is 4.01. The number of carbonyl (C=O) groups is 4. The van der Waals surface area contributed by atoms with E-state index in [9.17, 15) is 19.2 Å². The van der Waals surface area contributed by atoms with E-state index in [0.29, 0.717) is 25.3 Å². The highest BCUT2D eigenvalue weighted by Crippen LogP contribution is 2.14. The lowest BCUT2D eigenvalue weighted by atomic mass is 10.0. The Hall–Kier alpha value is -3.04. The van der Waals surface area contributed by atoms with Crippen LogP contribution in [0.4, 0.5) is 0 Å². The second kappa shape index (κ2) is 12.1. The van der Waals surface area contributed by atoms with Crippen LogP contribution in [0.15, 0.2) is 42.5 Å². The molecule has 2 aliphatic heterocycles. The molecule has 0 bridgehead atoms. The molecule has 1 fully saturated rings. The zero-order valence-corrected chi connectivity index (χ0v) is 18.1. The molecule has 4 N–H and O–H groups in total. The van der Waals surface area contributed by atoms with Crippen molar-refractivity contribution in [3.8, 4) is 0 Å². The van der Waals surface area contributed by atoms with E-state index in [0.717, 1.165) is 24.9 Å². The molecule has 3 amide bonds. The minimum Gasteiger partial charge on any atom is -0.347 e. The van der Waals surface area contributed by atoms with E-state index in [1.165, 1.54) is 4.90 Å². The molecule has 1 aromatic rings. The summed E-state index contributed by atoms with van der Waals surface area (Å²) in [6.07, 6.45) is 6.50. The van der Waals surface area contributed by atoms with Crippen molar-refractivity contribution < 1.29 is 19.2 Å². The molecule has 9 heteroatoms. The summed E-state index contributed by atoms with van der Waals surface area (Å²) in [7, 11) is 0. The van der Waals surface area contributed by atoms with E-state index in [-0.39, 0.29) is 31.4 Å². The van der Waals surface area contributed by atoms with Gasteiger partial charge in [-0.3, -0.25) is 14.4 Å². The van der Waals surface area contributed by atoms with Crippen LogP contribution in [0.1, 0.15) is 18.4 Å². The van der Waals surface area contributed by atoms with Crippen LogP contribution in [0.25, 0.3) is 0 Å². The SMILES string of the molecule is O=CCNC(=O)[C@@H]1C=CCN1C(=O)[C@@H](Cc1ccccc1)NC(=O)CNC[C@@H]1CCCN1. The molecule has 0 radical (unpaired) electrons. The Morgan fingerprint density at radius 3 is 2.75 bits per heavy atom. The van der Waals surface area contributed by atoms with Crippen LogP contribution >= 0.6 is 0 Å². The third-order valence-corrected chi connectivity index (χ3v) is 5.62. The molecular formula is C23H31N5O4. The highest BCUT2D eigenvalue weighted by atomic mass is 16.2. The molecule has 3 rings (SSSR count). The fraction of sp³-hybridized carbons (Fsp3) is 0.478. The molecule has 32 heavy (non-hydrogen) atoms. The molecule has 0 aromatic heterocycles. The minimum atomic E-state index is -0.808. The van der Waals surface area contributed by atoms with Gasteiger partial charge in [-0.15, -0.1) is 0 Å². The number of rotatable bonds is 11. The number of aldehydes is 1. The maximum absolute atomic E-state index is 13.3. The first-order valence-electron chi connectivity index (χ1n) is 11.0. The summed E-state index contributed by atoms with van der Waals surface area (Å²) in [5.41, 5.74) is 0.906. The van der Waals surface area contributed by atoms with Crippen molar-refractivity contribution in [2.24, 2.45) is 0 Å². The Morgan fingerprint density at radius 2 is 2.03 bits per heavy atom. The molecule has 9 nitrogen and oxygen atoms in total. The number of carbonyl (C=O) groups excluding carboxylic acids is 4. The summed E-state index contributed by atoms with van der Waals surface area (Å²) < 4.78 is 0. The lowest BCUT2D eigenvalue weighted by Crippen LogP contribution is -2.55. The smallest absolute Gasteiger partial charge is 0.247 e. The lowest BCUT2D eigenvalue weighted by molar-refractivity contribution is -0.140. The van der Waals surface area contributed by atoms with Gasteiger partial charge in [-0.25, -0.2) is 0 Å². The maximum Gasteiger partial charge on any atom is 0.247 e. The maximum atomic E-state index is 13.3. The van der Waals surface area contributed by atoms with Crippen molar-refractivity contribution in [1.82, 2.24) is 26.2 Å². The molecule has 3 atom stereocenters. The lowest BCUT2D eigenvalue weighted by Gasteiger charge is -2.28. The van der Waals surface area contributed by atoms with Crippen LogP contribution in [-0.2, 0) is 25.6 Å². The summed E-state index contributed by atoms with van der Waals surface area (Å²) >= 11 is 0.